The van der Waals surface area contributed by atoms with Crippen molar-refractivity contribution in [3.63, 3.8) is 0 Å². The summed E-state index contributed by atoms with van der Waals surface area (Å²) in [6, 6.07) is 3.86. The van der Waals surface area contributed by atoms with Crippen LogP contribution >= 0.6 is 0 Å². The fraction of sp³-hybridized carbons (Fsp3) is 0.632. The van der Waals surface area contributed by atoms with Crippen LogP contribution in [0.15, 0.2) is 12.1 Å². The second kappa shape index (κ2) is 7.32. The molecule has 5 heteroatoms. The number of aryl methyl sites for hydroxylation is 2. The van der Waals surface area contributed by atoms with Crippen LogP contribution in [0.5, 0.6) is 0 Å². The molecular weight excluding hydrogens is 302 g/mol. The standard InChI is InChI=1S/C19H29N3O2/c1-13-10-14(2)21-15(11-13)12-16(20)17-8-6-7-9-22(17)18(23)24-19(3,4)5/h10-11,17,20H,6-9,12H2,1-5H3/t17-/m0/s1. The van der Waals surface area contributed by atoms with Crippen LogP contribution in [-0.2, 0) is 11.2 Å². The number of hydrogen-bond acceptors (Lipinski definition) is 4. The largest absolute Gasteiger partial charge is 0.444 e. The Morgan fingerprint density at radius 3 is 2.67 bits per heavy atom. The van der Waals surface area contributed by atoms with Crippen LogP contribution in [0.4, 0.5) is 4.79 Å². The van der Waals surface area contributed by atoms with Gasteiger partial charge in [-0.15, -0.1) is 0 Å². The third-order valence-electron chi connectivity index (χ3n) is 4.06. The lowest BCUT2D eigenvalue weighted by Crippen LogP contribution is -2.50. The van der Waals surface area contributed by atoms with Crippen LogP contribution in [0.1, 0.15) is 57.0 Å². The van der Waals surface area contributed by atoms with E-state index in [9.17, 15) is 4.79 Å². The van der Waals surface area contributed by atoms with E-state index in [0.717, 1.165) is 36.2 Å². The predicted octanol–water partition coefficient (Wildman–Crippen LogP) is 4.05. The summed E-state index contributed by atoms with van der Waals surface area (Å²) >= 11 is 0. The molecule has 1 aromatic heterocycles. The zero-order valence-electron chi connectivity index (χ0n) is 15.5. The molecular formula is C19H29N3O2. The Balaban J connectivity index is 2.11. The van der Waals surface area contributed by atoms with E-state index in [-0.39, 0.29) is 12.1 Å². The molecule has 1 fully saturated rings. The lowest BCUT2D eigenvalue weighted by atomic mass is 9.95. The van der Waals surface area contributed by atoms with Gasteiger partial charge in [-0.2, -0.15) is 0 Å². The highest BCUT2D eigenvalue weighted by Gasteiger charge is 2.32. The summed E-state index contributed by atoms with van der Waals surface area (Å²) in [5.74, 6) is 0. The van der Waals surface area contributed by atoms with Crippen LogP contribution in [0, 0.1) is 19.3 Å². The van der Waals surface area contributed by atoms with Gasteiger partial charge in [-0.25, -0.2) is 4.79 Å². The lowest BCUT2D eigenvalue weighted by Gasteiger charge is -2.37. The quantitative estimate of drug-likeness (QED) is 0.850. The number of rotatable bonds is 3. The Bertz CT molecular complexity index is 599. The van der Waals surface area contributed by atoms with Crippen molar-refractivity contribution >= 4 is 11.8 Å². The van der Waals surface area contributed by atoms with Crippen LogP contribution in [0.3, 0.4) is 0 Å². The van der Waals surface area contributed by atoms with Gasteiger partial charge in [-0.3, -0.25) is 9.88 Å². The second-order valence-corrected chi connectivity index (χ2v) is 7.66. The summed E-state index contributed by atoms with van der Waals surface area (Å²) in [6.45, 7) is 10.3. The summed E-state index contributed by atoms with van der Waals surface area (Å²) in [4.78, 5) is 18.7. The number of pyridine rings is 1. The molecule has 0 bridgehead atoms. The van der Waals surface area contributed by atoms with Gasteiger partial charge in [-0.05, 0) is 71.6 Å². The molecule has 1 aromatic rings. The fourth-order valence-electron chi connectivity index (χ4n) is 3.16. The third-order valence-corrected chi connectivity index (χ3v) is 4.06. The molecule has 1 saturated heterocycles. The summed E-state index contributed by atoms with van der Waals surface area (Å²) in [5, 5.41) is 8.53. The van der Waals surface area contributed by atoms with E-state index >= 15 is 0 Å². The molecule has 0 aliphatic carbocycles. The van der Waals surface area contributed by atoms with Crippen molar-refractivity contribution in [2.45, 2.75) is 71.9 Å². The van der Waals surface area contributed by atoms with E-state index < -0.39 is 5.60 Å². The maximum absolute atomic E-state index is 12.5. The minimum absolute atomic E-state index is 0.184. The summed E-state index contributed by atoms with van der Waals surface area (Å²) < 4.78 is 5.52. The topological polar surface area (TPSA) is 66.3 Å². The molecule has 1 aliphatic heterocycles. The highest BCUT2D eigenvalue weighted by atomic mass is 16.6. The number of nitrogens with one attached hydrogen (secondary N) is 1. The van der Waals surface area contributed by atoms with Crippen molar-refractivity contribution in [3.05, 3.63) is 29.1 Å². The zero-order valence-corrected chi connectivity index (χ0v) is 15.5. The number of likely N-dealkylation sites (tertiary alicyclic amines) is 1. The number of nitrogens with zero attached hydrogens (tertiary/aromatic N) is 2. The van der Waals surface area contributed by atoms with E-state index in [2.05, 4.69) is 4.98 Å². The van der Waals surface area contributed by atoms with Crippen molar-refractivity contribution in [2.24, 2.45) is 0 Å². The smallest absolute Gasteiger partial charge is 0.410 e. The number of ether oxygens (including phenoxy) is 1. The Kier molecular flexibility index (Phi) is 5.62. The number of carbonyl (C=O) groups excluding carboxylic acids is 1. The summed E-state index contributed by atoms with van der Waals surface area (Å²) in [6.07, 6.45) is 2.98. The normalized spacial score (nSPS) is 18.4. The summed E-state index contributed by atoms with van der Waals surface area (Å²) in [7, 11) is 0. The van der Waals surface area contributed by atoms with Gasteiger partial charge in [0.05, 0.1) is 6.04 Å². The maximum Gasteiger partial charge on any atom is 0.410 e. The molecule has 1 N–H and O–H groups in total. The van der Waals surface area contributed by atoms with Gasteiger partial charge in [0, 0.05) is 30.1 Å². The SMILES string of the molecule is Cc1cc(C)nc(CC(=N)[C@@H]2CCCCN2C(=O)OC(C)(C)C)c1. The first-order valence-corrected chi connectivity index (χ1v) is 8.67. The molecule has 2 heterocycles. The van der Waals surface area contributed by atoms with E-state index in [4.69, 9.17) is 10.1 Å². The van der Waals surface area contributed by atoms with Gasteiger partial charge in [0.2, 0.25) is 0 Å². The first-order valence-electron chi connectivity index (χ1n) is 8.67. The minimum Gasteiger partial charge on any atom is -0.444 e. The van der Waals surface area contributed by atoms with E-state index in [1.54, 1.807) is 4.90 Å². The van der Waals surface area contributed by atoms with Crippen LogP contribution < -0.4 is 0 Å². The van der Waals surface area contributed by atoms with Gasteiger partial charge in [0.25, 0.3) is 0 Å². The van der Waals surface area contributed by atoms with E-state index in [0.29, 0.717) is 18.7 Å². The molecule has 0 aromatic carbocycles. The molecule has 1 atom stereocenters. The monoisotopic (exact) mass is 331 g/mol. The molecule has 24 heavy (non-hydrogen) atoms. The van der Waals surface area contributed by atoms with Crippen molar-refractivity contribution in [2.75, 3.05) is 6.54 Å². The van der Waals surface area contributed by atoms with Crippen molar-refractivity contribution in [1.29, 1.82) is 5.41 Å². The fourth-order valence-corrected chi connectivity index (χ4v) is 3.16. The molecule has 0 radical (unpaired) electrons. The molecule has 0 unspecified atom stereocenters. The third kappa shape index (κ3) is 5.05. The van der Waals surface area contributed by atoms with Gasteiger partial charge in [0.15, 0.2) is 0 Å². The first kappa shape index (κ1) is 18.4. The molecule has 5 nitrogen and oxygen atoms in total. The maximum atomic E-state index is 12.5. The van der Waals surface area contributed by atoms with Gasteiger partial charge in [0.1, 0.15) is 5.60 Å². The van der Waals surface area contributed by atoms with E-state index in [1.165, 1.54) is 0 Å². The number of hydrogen-bond donors (Lipinski definition) is 1. The number of piperidine rings is 1. The van der Waals surface area contributed by atoms with Crippen molar-refractivity contribution < 1.29 is 9.53 Å². The average Bonchev–Trinajstić information content (AvgIpc) is 2.44. The van der Waals surface area contributed by atoms with Gasteiger partial charge < -0.3 is 10.1 Å². The Labute approximate surface area is 144 Å². The van der Waals surface area contributed by atoms with Crippen molar-refractivity contribution in [1.82, 2.24) is 9.88 Å². The van der Waals surface area contributed by atoms with Crippen molar-refractivity contribution in [3.8, 4) is 0 Å². The highest BCUT2D eigenvalue weighted by Crippen LogP contribution is 2.22. The Morgan fingerprint density at radius 2 is 2.04 bits per heavy atom. The second-order valence-electron chi connectivity index (χ2n) is 7.66. The molecule has 132 valence electrons. The van der Waals surface area contributed by atoms with Crippen LogP contribution in [0.25, 0.3) is 0 Å². The van der Waals surface area contributed by atoms with Crippen LogP contribution in [0.2, 0.25) is 0 Å². The summed E-state index contributed by atoms with van der Waals surface area (Å²) in [5.41, 5.74) is 3.03. The number of aromatic nitrogens is 1. The minimum atomic E-state index is -0.517. The Morgan fingerprint density at radius 1 is 1.33 bits per heavy atom. The molecule has 0 spiro atoms. The lowest BCUT2D eigenvalue weighted by molar-refractivity contribution is 0.0165. The zero-order chi connectivity index (χ0) is 17.9. The molecule has 1 aliphatic rings. The van der Waals surface area contributed by atoms with Gasteiger partial charge in [-0.1, -0.05) is 0 Å². The highest BCUT2D eigenvalue weighted by molar-refractivity contribution is 5.91. The first-order chi connectivity index (χ1) is 11.2. The molecule has 1 amide bonds. The number of amides is 1. The molecule has 2 rings (SSSR count). The Hall–Kier alpha value is -1.91. The average molecular weight is 331 g/mol. The number of carbonyl (C=O) groups is 1. The van der Waals surface area contributed by atoms with Crippen LogP contribution in [-0.4, -0.2) is 39.9 Å². The molecule has 0 saturated carbocycles. The van der Waals surface area contributed by atoms with E-state index in [1.807, 2.05) is 46.8 Å². The predicted molar refractivity (Wildman–Crippen MR) is 95.7 cm³/mol. The van der Waals surface area contributed by atoms with Gasteiger partial charge >= 0.3 is 6.09 Å².